The van der Waals surface area contributed by atoms with Crippen molar-refractivity contribution in [1.82, 2.24) is 10.2 Å². The highest BCUT2D eigenvalue weighted by Gasteiger charge is 2.22. The summed E-state index contributed by atoms with van der Waals surface area (Å²) < 4.78 is 21.4. The number of hydrogen-bond acceptors (Lipinski definition) is 7. The summed E-state index contributed by atoms with van der Waals surface area (Å²) >= 11 is 0. The van der Waals surface area contributed by atoms with Gasteiger partial charge in [-0.15, -0.1) is 10.2 Å². The lowest BCUT2D eigenvalue weighted by molar-refractivity contribution is 0.0276. The molecule has 2 aromatic carbocycles. The third-order valence-corrected chi connectivity index (χ3v) is 3.72. The van der Waals surface area contributed by atoms with E-state index in [0.717, 1.165) is 5.56 Å². The Morgan fingerprint density at radius 2 is 1.81 bits per heavy atom. The van der Waals surface area contributed by atoms with Crippen molar-refractivity contribution in [3.8, 4) is 23.0 Å². The molecule has 0 saturated carbocycles. The maximum atomic E-state index is 12.5. The van der Waals surface area contributed by atoms with E-state index in [-0.39, 0.29) is 11.5 Å². The van der Waals surface area contributed by atoms with Crippen LogP contribution < -0.4 is 9.47 Å². The molecule has 7 heteroatoms. The minimum absolute atomic E-state index is 0.213. The van der Waals surface area contributed by atoms with Crippen LogP contribution in [-0.4, -0.2) is 30.4 Å². The van der Waals surface area contributed by atoms with E-state index >= 15 is 0 Å². The van der Waals surface area contributed by atoms with Crippen molar-refractivity contribution in [1.29, 1.82) is 0 Å². The first-order valence-corrected chi connectivity index (χ1v) is 7.94. The minimum atomic E-state index is -0.709. The zero-order valence-electron chi connectivity index (χ0n) is 14.6. The van der Waals surface area contributed by atoms with Crippen LogP contribution in [-0.2, 0) is 4.74 Å². The van der Waals surface area contributed by atoms with Gasteiger partial charge < -0.3 is 18.6 Å². The number of aromatic nitrogens is 2. The largest absolute Gasteiger partial charge is 0.497 e. The molecule has 0 amide bonds. The molecule has 1 atom stereocenters. The minimum Gasteiger partial charge on any atom is -0.497 e. The van der Waals surface area contributed by atoms with Crippen LogP contribution in [0.5, 0.6) is 11.5 Å². The molecule has 0 fully saturated rings. The van der Waals surface area contributed by atoms with E-state index in [4.69, 9.17) is 18.6 Å². The molecule has 0 unspecified atom stereocenters. The maximum absolute atomic E-state index is 12.5. The van der Waals surface area contributed by atoms with Gasteiger partial charge in [0.05, 0.1) is 14.2 Å². The summed E-state index contributed by atoms with van der Waals surface area (Å²) in [6, 6.07) is 14.2. The average molecular weight is 354 g/mol. The highest BCUT2D eigenvalue weighted by Crippen LogP contribution is 2.28. The standard InChI is InChI=1S/C19H18N2O5/c1-12(17-20-21-18(26-17)13-7-5-4-6-8-13)25-19(22)15-10-9-14(23-2)11-16(15)24-3/h4-12H,1-3H3/t12-/m1/s1. The fraction of sp³-hybridized carbons (Fsp3) is 0.211. The zero-order chi connectivity index (χ0) is 18.5. The summed E-state index contributed by atoms with van der Waals surface area (Å²) in [4.78, 5) is 12.5. The monoisotopic (exact) mass is 354 g/mol. The van der Waals surface area contributed by atoms with Crippen LogP contribution in [0, 0.1) is 0 Å². The van der Waals surface area contributed by atoms with Crippen LogP contribution in [0.1, 0.15) is 29.3 Å². The summed E-state index contributed by atoms with van der Waals surface area (Å²) in [5, 5.41) is 7.96. The van der Waals surface area contributed by atoms with Gasteiger partial charge in [-0.2, -0.15) is 0 Å². The number of hydrogen-bond donors (Lipinski definition) is 0. The van der Waals surface area contributed by atoms with Gasteiger partial charge >= 0.3 is 5.97 Å². The normalized spacial score (nSPS) is 11.7. The molecule has 0 bridgehead atoms. The van der Waals surface area contributed by atoms with E-state index in [1.165, 1.54) is 14.2 Å². The highest BCUT2D eigenvalue weighted by atomic mass is 16.6. The molecule has 0 spiro atoms. The van der Waals surface area contributed by atoms with Crippen LogP contribution in [0.2, 0.25) is 0 Å². The van der Waals surface area contributed by atoms with Crippen molar-refractivity contribution in [2.24, 2.45) is 0 Å². The maximum Gasteiger partial charge on any atom is 0.342 e. The van der Waals surface area contributed by atoms with Crippen LogP contribution in [0.15, 0.2) is 52.9 Å². The molecular weight excluding hydrogens is 336 g/mol. The lowest BCUT2D eigenvalue weighted by Crippen LogP contribution is -2.11. The Labute approximate surface area is 150 Å². The van der Waals surface area contributed by atoms with Crippen molar-refractivity contribution < 1.29 is 23.4 Å². The van der Waals surface area contributed by atoms with Crippen molar-refractivity contribution >= 4 is 5.97 Å². The second kappa shape index (κ2) is 7.69. The van der Waals surface area contributed by atoms with Crippen LogP contribution in [0.3, 0.4) is 0 Å². The molecule has 26 heavy (non-hydrogen) atoms. The van der Waals surface area contributed by atoms with E-state index in [1.54, 1.807) is 25.1 Å². The molecule has 1 heterocycles. The molecule has 0 radical (unpaired) electrons. The summed E-state index contributed by atoms with van der Waals surface area (Å²) in [5.74, 6) is 0.958. The van der Waals surface area contributed by atoms with Crippen molar-refractivity contribution in [2.45, 2.75) is 13.0 Å². The fourth-order valence-electron chi connectivity index (χ4n) is 2.34. The van der Waals surface area contributed by atoms with E-state index < -0.39 is 12.1 Å². The average Bonchev–Trinajstić information content (AvgIpc) is 3.18. The number of rotatable bonds is 6. The molecule has 3 rings (SSSR count). The third kappa shape index (κ3) is 3.66. The summed E-state index contributed by atoms with van der Waals surface area (Å²) in [6.07, 6.45) is -0.709. The van der Waals surface area contributed by atoms with Gasteiger partial charge in [-0.25, -0.2) is 4.79 Å². The molecule has 0 saturated heterocycles. The van der Waals surface area contributed by atoms with Crippen molar-refractivity contribution in [3.05, 3.63) is 60.0 Å². The molecule has 134 valence electrons. The molecular formula is C19H18N2O5. The first-order chi connectivity index (χ1) is 12.6. The topological polar surface area (TPSA) is 83.7 Å². The first kappa shape index (κ1) is 17.5. The van der Waals surface area contributed by atoms with E-state index in [0.29, 0.717) is 17.4 Å². The Hall–Kier alpha value is -3.35. The molecule has 3 aromatic rings. The van der Waals surface area contributed by atoms with Crippen LogP contribution >= 0.6 is 0 Å². The quantitative estimate of drug-likeness (QED) is 0.624. The van der Waals surface area contributed by atoms with Gasteiger partial charge in [0.15, 0.2) is 6.10 Å². The highest BCUT2D eigenvalue weighted by molar-refractivity contribution is 5.92. The molecule has 0 aliphatic rings. The number of methoxy groups -OCH3 is 2. The van der Waals surface area contributed by atoms with Crippen LogP contribution in [0.4, 0.5) is 0 Å². The molecule has 0 aliphatic heterocycles. The van der Waals surface area contributed by atoms with Gasteiger partial charge in [0.25, 0.3) is 5.89 Å². The summed E-state index contributed by atoms with van der Waals surface area (Å²) in [5.41, 5.74) is 1.07. The second-order valence-electron chi connectivity index (χ2n) is 5.43. The van der Waals surface area contributed by atoms with Gasteiger partial charge in [0.2, 0.25) is 5.89 Å². The number of carbonyl (C=O) groups is 1. The number of esters is 1. The molecule has 0 N–H and O–H groups in total. The van der Waals surface area contributed by atoms with Gasteiger partial charge in [-0.1, -0.05) is 18.2 Å². The Morgan fingerprint density at radius 1 is 1.04 bits per heavy atom. The number of nitrogens with zero attached hydrogens (tertiary/aromatic N) is 2. The zero-order valence-corrected chi connectivity index (χ0v) is 14.6. The Morgan fingerprint density at radius 3 is 2.50 bits per heavy atom. The summed E-state index contributed by atoms with van der Waals surface area (Å²) in [6.45, 7) is 1.66. The van der Waals surface area contributed by atoms with Gasteiger partial charge in [0, 0.05) is 11.6 Å². The third-order valence-electron chi connectivity index (χ3n) is 3.72. The Balaban J connectivity index is 1.75. The van der Waals surface area contributed by atoms with Crippen LogP contribution in [0.25, 0.3) is 11.5 Å². The Kier molecular flexibility index (Phi) is 5.17. The predicted molar refractivity (Wildman–Crippen MR) is 93.1 cm³/mol. The van der Waals surface area contributed by atoms with Gasteiger partial charge in [-0.3, -0.25) is 0 Å². The lowest BCUT2D eigenvalue weighted by Gasteiger charge is -2.12. The van der Waals surface area contributed by atoms with Crippen molar-refractivity contribution in [3.63, 3.8) is 0 Å². The fourth-order valence-corrected chi connectivity index (χ4v) is 2.34. The molecule has 1 aromatic heterocycles. The van der Waals surface area contributed by atoms with E-state index in [1.807, 2.05) is 30.3 Å². The number of carbonyl (C=O) groups excluding carboxylic acids is 1. The second-order valence-corrected chi connectivity index (χ2v) is 5.43. The predicted octanol–water partition coefficient (Wildman–Crippen LogP) is 3.67. The Bertz CT molecular complexity index is 892. The number of ether oxygens (including phenoxy) is 3. The molecule has 7 nitrogen and oxygen atoms in total. The van der Waals surface area contributed by atoms with E-state index in [9.17, 15) is 4.79 Å². The van der Waals surface area contributed by atoms with Gasteiger partial charge in [0.1, 0.15) is 17.1 Å². The first-order valence-electron chi connectivity index (χ1n) is 7.94. The SMILES string of the molecule is COc1ccc(C(=O)O[C@H](C)c2nnc(-c3ccccc3)o2)c(OC)c1. The van der Waals surface area contributed by atoms with E-state index in [2.05, 4.69) is 10.2 Å². The molecule has 0 aliphatic carbocycles. The smallest absolute Gasteiger partial charge is 0.342 e. The lowest BCUT2D eigenvalue weighted by atomic mass is 10.2. The van der Waals surface area contributed by atoms with Gasteiger partial charge in [-0.05, 0) is 31.2 Å². The number of benzene rings is 2. The summed E-state index contributed by atoms with van der Waals surface area (Å²) in [7, 11) is 3.01. The van der Waals surface area contributed by atoms with Crippen molar-refractivity contribution in [2.75, 3.05) is 14.2 Å².